The van der Waals surface area contributed by atoms with Crippen molar-refractivity contribution in [2.45, 2.75) is 25.9 Å². The molecule has 0 bridgehead atoms. The van der Waals surface area contributed by atoms with Crippen molar-refractivity contribution in [2.24, 2.45) is 5.73 Å². The molecule has 21 heavy (non-hydrogen) atoms. The summed E-state index contributed by atoms with van der Waals surface area (Å²) < 4.78 is 2.18. The molecule has 2 N–H and O–H groups in total. The Labute approximate surface area is 129 Å². The summed E-state index contributed by atoms with van der Waals surface area (Å²) in [6.45, 7) is 4.27. The maximum atomic E-state index is 6.44. The first-order valence-electron chi connectivity index (χ1n) is 7.06. The van der Waals surface area contributed by atoms with Crippen LogP contribution in [0.4, 0.5) is 0 Å². The molecular weight excluding hydrogens is 282 g/mol. The van der Waals surface area contributed by atoms with Crippen LogP contribution in [-0.2, 0) is 0 Å². The lowest BCUT2D eigenvalue weighted by Gasteiger charge is -2.18. The van der Waals surface area contributed by atoms with Crippen LogP contribution >= 0.6 is 11.6 Å². The number of fused-ring (bicyclic) bond motifs is 1. The van der Waals surface area contributed by atoms with Crippen molar-refractivity contribution in [3.05, 3.63) is 64.9 Å². The standard InChI is InChI=1S/C17H18ClN3/c1-11(2)21-15-9-8-13(18)10-14(15)20-17(21)16(19)12-6-4-3-5-7-12/h3-11,16H,19H2,1-2H3. The van der Waals surface area contributed by atoms with E-state index >= 15 is 0 Å². The highest BCUT2D eigenvalue weighted by Crippen LogP contribution is 2.28. The van der Waals surface area contributed by atoms with E-state index in [0.717, 1.165) is 22.4 Å². The number of hydrogen-bond donors (Lipinski definition) is 1. The van der Waals surface area contributed by atoms with Gasteiger partial charge in [0.15, 0.2) is 0 Å². The molecule has 0 aliphatic rings. The minimum Gasteiger partial charge on any atom is -0.324 e. The molecule has 0 aliphatic heterocycles. The largest absolute Gasteiger partial charge is 0.324 e. The van der Waals surface area contributed by atoms with Gasteiger partial charge < -0.3 is 10.3 Å². The second-order valence-corrected chi connectivity index (χ2v) is 5.89. The Morgan fingerprint density at radius 2 is 1.81 bits per heavy atom. The number of nitrogens with two attached hydrogens (primary N) is 1. The molecule has 0 saturated heterocycles. The molecular formula is C17H18ClN3. The Bertz CT molecular complexity index is 762. The molecule has 108 valence electrons. The van der Waals surface area contributed by atoms with Gasteiger partial charge in [-0.15, -0.1) is 0 Å². The van der Waals surface area contributed by atoms with Gasteiger partial charge in [0.25, 0.3) is 0 Å². The quantitative estimate of drug-likeness (QED) is 0.783. The van der Waals surface area contributed by atoms with Crippen LogP contribution in [0.25, 0.3) is 11.0 Å². The molecule has 1 atom stereocenters. The maximum Gasteiger partial charge on any atom is 0.131 e. The summed E-state index contributed by atoms with van der Waals surface area (Å²) in [5, 5.41) is 0.690. The fourth-order valence-corrected chi connectivity index (χ4v) is 2.83. The third-order valence-electron chi connectivity index (χ3n) is 3.63. The summed E-state index contributed by atoms with van der Waals surface area (Å²) >= 11 is 6.08. The number of aromatic nitrogens is 2. The van der Waals surface area contributed by atoms with E-state index in [0.29, 0.717) is 5.02 Å². The van der Waals surface area contributed by atoms with Crippen LogP contribution in [0.1, 0.15) is 37.3 Å². The maximum absolute atomic E-state index is 6.44. The van der Waals surface area contributed by atoms with E-state index in [1.54, 1.807) is 0 Å². The van der Waals surface area contributed by atoms with E-state index in [-0.39, 0.29) is 12.1 Å². The SMILES string of the molecule is CC(C)n1c(C(N)c2ccccc2)nc2cc(Cl)ccc21. The second kappa shape index (κ2) is 5.51. The van der Waals surface area contributed by atoms with E-state index in [1.807, 2.05) is 48.5 Å². The van der Waals surface area contributed by atoms with Gasteiger partial charge in [0.1, 0.15) is 5.82 Å². The molecule has 4 heteroatoms. The lowest BCUT2D eigenvalue weighted by atomic mass is 10.1. The van der Waals surface area contributed by atoms with Crippen LogP contribution in [0.15, 0.2) is 48.5 Å². The summed E-state index contributed by atoms with van der Waals surface area (Å²) in [5.74, 6) is 0.869. The van der Waals surface area contributed by atoms with Gasteiger partial charge >= 0.3 is 0 Å². The topological polar surface area (TPSA) is 43.8 Å². The highest BCUT2D eigenvalue weighted by atomic mass is 35.5. The number of imidazole rings is 1. The average molecular weight is 300 g/mol. The van der Waals surface area contributed by atoms with E-state index in [1.165, 1.54) is 0 Å². The van der Waals surface area contributed by atoms with E-state index in [9.17, 15) is 0 Å². The number of halogens is 1. The number of rotatable bonds is 3. The molecule has 0 fully saturated rings. The average Bonchev–Trinajstić information content (AvgIpc) is 2.85. The smallest absolute Gasteiger partial charge is 0.131 e. The second-order valence-electron chi connectivity index (χ2n) is 5.46. The molecule has 3 aromatic rings. The number of benzene rings is 2. The fraction of sp³-hybridized carbons (Fsp3) is 0.235. The van der Waals surface area contributed by atoms with Crippen molar-refractivity contribution in [1.82, 2.24) is 9.55 Å². The zero-order chi connectivity index (χ0) is 15.0. The van der Waals surface area contributed by atoms with Crippen molar-refractivity contribution >= 4 is 22.6 Å². The van der Waals surface area contributed by atoms with Crippen LogP contribution in [0.2, 0.25) is 5.02 Å². The van der Waals surface area contributed by atoms with Crippen molar-refractivity contribution in [3.8, 4) is 0 Å². The first kappa shape index (κ1) is 14.1. The summed E-state index contributed by atoms with van der Waals surface area (Å²) in [6, 6.07) is 15.8. The van der Waals surface area contributed by atoms with Gasteiger partial charge in [-0.3, -0.25) is 0 Å². The Morgan fingerprint density at radius 1 is 1.10 bits per heavy atom. The fourth-order valence-electron chi connectivity index (χ4n) is 2.66. The molecule has 0 radical (unpaired) electrons. The van der Waals surface area contributed by atoms with Gasteiger partial charge in [-0.1, -0.05) is 41.9 Å². The van der Waals surface area contributed by atoms with Crippen LogP contribution in [-0.4, -0.2) is 9.55 Å². The zero-order valence-corrected chi connectivity index (χ0v) is 12.9. The van der Waals surface area contributed by atoms with Gasteiger partial charge in [-0.2, -0.15) is 0 Å². The van der Waals surface area contributed by atoms with E-state index < -0.39 is 0 Å². The monoisotopic (exact) mass is 299 g/mol. The van der Waals surface area contributed by atoms with Crippen molar-refractivity contribution in [3.63, 3.8) is 0 Å². The lowest BCUT2D eigenvalue weighted by molar-refractivity contribution is 0.567. The summed E-state index contributed by atoms with van der Waals surface area (Å²) in [4.78, 5) is 4.72. The first-order valence-corrected chi connectivity index (χ1v) is 7.43. The molecule has 0 spiro atoms. The van der Waals surface area contributed by atoms with E-state index in [2.05, 4.69) is 18.4 Å². The summed E-state index contributed by atoms with van der Waals surface area (Å²) in [7, 11) is 0. The minimum absolute atomic E-state index is 0.250. The zero-order valence-electron chi connectivity index (χ0n) is 12.1. The molecule has 1 heterocycles. The molecule has 3 rings (SSSR count). The Hall–Kier alpha value is -1.84. The van der Waals surface area contributed by atoms with Gasteiger partial charge in [-0.05, 0) is 37.6 Å². The highest BCUT2D eigenvalue weighted by Gasteiger charge is 2.20. The summed E-state index contributed by atoms with van der Waals surface area (Å²) in [6.07, 6.45) is 0. The number of nitrogens with zero attached hydrogens (tertiary/aromatic N) is 2. The van der Waals surface area contributed by atoms with Crippen LogP contribution in [0, 0.1) is 0 Å². The summed E-state index contributed by atoms with van der Waals surface area (Å²) in [5.41, 5.74) is 9.45. The highest BCUT2D eigenvalue weighted by molar-refractivity contribution is 6.31. The first-order chi connectivity index (χ1) is 10.1. The molecule has 1 unspecified atom stereocenters. The third kappa shape index (κ3) is 2.55. The van der Waals surface area contributed by atoms with Crippen LogP contribution < -0.4 is 5.73 Å². The minimum atomic E-state index is -0.250. The molecule has 3 nitrogen and oxygen atoms in total. The Morgan fingerprint density at radius 3 is 2.48 bits per heavy atom. The van der Waals surface area contributed by atoms with Gasteiger partial charge in [0.05, 0.1) is 17.1 Å². The predicted octanol–water partition coefficient (Wildman–Crippen LogP) is 4.32. The third-order valence-corrected chi connectivity index (χ3v) is 3.87. The van der Waals surface area contributed by atoms with E-state index in [4.69, 9.17) is 22.3 Å². The molecule has 1 aromatic heterocycles. The van der Waals surface area contributed by atoms with Crippen molar-refractivity contribution in [1.29, 1.82) is 0 Å². The molecule has 0 saturated carbocycles. The molecule has 0 amide bonds. The number of hydrogen-bond acceptors (Lipinski definition) is 2. The Kier molecular flexibility index (Phi) is 3.70. The molecule has 0 aliphatic carbocycles. The predicted molar refractivity (Wildman–Crippen MR) is 87.6 cm³/mol. The molecule has 2 aromatic carbocycles. The van der Waals surface area contributed by atoms with Crippen molar-refractivity contribution < 1.29 is 0 Å². The van der Waals surface area contributed by atoms with Crippen LogP contribution in [0.3, 0.4) is 0 Å². The lowest BCUT2D eigenvalue weighted by Crippen LogP contribution is -2.19. The van der Waals surface area contributed by atoms with Crippen LogP contribution in [0.5, 0.6) is 0 Å². The van der Waals surface area contributed by atoms with Gasteiger partial charge in [0, 0.05) is 11.1 Å². The van der Waals surface area contributed by atoms with Gasteiger partial charge in [0.2, 0.25) is 0 Å². The van der Waals surface area contributed by atoms with Crippen molar-refractivity contribution in [2.75, 3.05) is 0 Å². The normalized spacial score (nSPS) is 13.0. The van der Waals surface area contributed by atoms with Gasteiger partial charge in [-0.25, -0.2) is 4.98 Å². The Balaban J connectivity index is 2.19.